The SMILES string of the molecule is O=c1[nH]c2ccc(C(O)c3ccoc3)cc2[nH]c1=O. The molecule has 6 nitrogen and oxygen atoms in total. The van der Waals surface area contributed by atoms with E-state index in [1.807, 2.05) is 0 Å². The Morgan fingerprint density at radius 3 is 2.42 bits per heavy atom. The maximum absolute atomic E-state index is 11.3. The number of fused-ring (bicyclic) bond motifs is 1. The molecule has 0 amide bonds. The van der Waals surface area contributed by atoms with Gasteiger partial charge in [-0.2, -0.15) is 0 Å². The van der Waals surface area contributed by atoms with Crippen LogP contribution in [0.4, 0.5) is 0 Å². The van der Waals surface area contributed by atoms with E-state index in [4.69, 9.17) is 4.42 Å². The van der Waals surface area contributed by atoms with E-state index in [0.29, 0.717) is 22.2 Å². The van der Waals surface area contributed by atoms with Gasteiger partial charge in [-0.15, -0.1) is 0 Å². The highest BCUT2D eigenvalue weighted by Gasteiger charge is 2.12. The summed E-state index contributed by atoms with van der Waals surface area (Å²) in [7, 11) is 0. The number of aromatic nitrogens is 2. The van der Waals surface area contributed by atoms with Crippen molar-refractivity contribution in [2.45, 2.75) is 6.10 Å². The highest BCUT2D eigenvalue weighted by atomic mass is 16.3. The van der Waals surface area contributed by atoms with E-state index in [9.17, 15) is 14.7 Å². The van der Waals surface area contributed by atoms with Crippen molar-refractivity contribution in [2.75, 3.05) is 0 Å². The summed E-state index contributed by atoms with van der Waals surface area (Å²) in [6.45, 7) is 0. The van der Waals surface area contributed by atoms with Crippen molar-refractivity contribution in [2.24, 2.45) is 0 Å². The van der Waals surface area contributed by atoms with Crippen LogP contribution in [0.15, 0.2) is 50.8 Å². The lowest BCUT2D eigenvalue weighted by atomic mass is 10.0. The van der Waals surface area contributed by atoms with E-state index in [0.717, 1.165) is 0 Å². The van der Waals surface area contributed by atoms with Gasteiger partial charge in [-0.05, 0) is 23.8 Å². The van der Waals surface area contributed by atoms with Crippen LogP contribution in [-0.4, -0.2) is 15.1 Å². The first-order valence-corrected chi connectivity index (χ1v) is 5.61. The highest BCUT2D eigenvalue weighted by Crippen LogP contribution is 2.23. The van der Waals surface area contributed by atoms with Crippen LogP contribution in [-0.2, 0) is 0 Å². The molecule has 0 saturated carbocycles. The Labute approximate surface area is 106 Å². The number of nitrogens with one attached hydrogen (secondary N) is 2. The Morgan fingerprint density at radius 2 is 1.74 bits per heavy atom. The molecule has 0 aliphatic rings. The zero-order valence-corrected chi connectivity index (χ0v) is 9.71. The van der Waals surface area contributed by atoms with Crippen molar-refractivity contribution in [1.29, 1.82) is 0 Å². The van der Waals surface area contributed by atoms with Crippen LogP contribution in [0.25, 0.3) is 11.0 Å². The van der Waals surface area contributed by atoms with Gasteiger partial charge in [0.05, 0.1) is 23.6 Å². The largest absolute Gasteiger partial charge is 0.472 e. The lowest BCUT2D eigenvalue weighted by molar-refractivity contribution is 0.219. The van der Waals surface area contributed by atoms with Gasteiger partial charge in [-0.1, -0.05) is 6.07 Å². The Balaban J connectivity index is 2.14. The molecule has 0 aliphatic heterocycles. The van der Waals surface area contributed by atoms with Crippen LogP contribution in [0.5, 0.6) is 0 Å². The average Bonchev–Trinajstić information content (AvgIpc) is 2.93. The summed E-state index contributed by atoms with van der Waals surface area (Å²) in [5.41, 5.74) is 0.762. The van der Waals surface area contributed by atoms with Gasteiger partial charge in [-0.25, -0.2) is 0 Å². The van der Waals surface area contributed by atoms with E-state index in [1.54, 1.807) is 24.3 Å². The summed E-state index contributed by atoms with van der Waals surface area (Å²) in [4.78, 5) is 27.4. The summed E-state index contributed by atoms with van der Waals surface area (Å²) in [6, 6.07) is 6.58. The first-order valence-electron chi connectivity index (χ1n) is 5.61. The number of aromatic amines is 2. The molecule has 0 saturated heterocycles. The summed E-state index contributed by atoms with van der Waals surface area (Å²) in [5.74, 6) is 0. The van der Waals surface area contributed by atoms with Crippen molar-refractivity contribution in [1.82, 2.24) is 9.97 Å². The maximum atomic E-state index is 11.3. The minimum absolute atomic E-state index is 0.463. The molecule has 0 fully saturated rings. The van der Waals surface area contributed by atoms with Gasteiger partial charge in [-0.3, -0.25) is 9.59 Å². The van der Waals surface area contributed by atoms with Gasteiger partial charge >= 0.3 is 11.1 Å². The number of aliphatic hydroxyl groups is 1. The first-order chi connectivity index (χ1) is 9.15. The standard InChI is InChI=1S/C13H10N2O4/c16-11(8-3-4-19-6-8)7-1-2-9-10(5-7)15-13(18)12(17)14-9/h1-6,11,16H,(H,14,17)(H,15,18). The second kappa shape index (κ2) is 4.25. The molecular weight excluding hydrogens is 248 g/mol. The zero-order chi connectivity index (χ0) is 13.4. The third-order valence-corrected chi connectivity index (χ3v) is 2.92. The van der Waals surface area contributed by atoms with Crippen molar-refractivity contribution in [3.8, 4) is 0 Å². The van der Waals surface area contributed by atoms with Crippen LogP contribution in [0.1, 0.15) is 17.2 Å². The van der Waals surface area contributed by atoms with E-state index in [2.05, 4.69) is 9.97 Å². The predicted octanol–water partition coefficient (Wildman–Crippen LogP) is 0.891. The Bertz CT molecular complexity index is 830. The second-order valence-electron chi connectivity index (χ2n) is 4.17. The molecule has 19 heavy (non-hydrogen) atoms. The van der Waals surface area contributed by atoms with E-state index in [1.165, 1.54) is 12.5 Å². The molecule has 96 valence electrons. The number of hydrogen-bond donors (Lipinski definition) is 3. The molecule has 1 atom stereocenters. The quantitative estimate of drug-likeness (QED) is 0.594. The molecular formula is C13H10N2O4. The molecule has 3 rings (SSSR count). The number of hydrogen-bond acceptors (Lipinski definition) is 4. The topological polar surface area (TPSA) is 99.1 Å². The molecule has 6 heteroatoms. The van der Waals surface area contributed by atoms with Crippen LogP contribution in [0.2, 0.25) is 0 Å². The van der Waals surface area contributed by atoms with Crippen molar-refractivity contribution in [3.05, 3.63) is 68.6 Å². The lowest BCUT2D eigenvalue weighted by Gasteiger charge is -2.09. The van der Waals surface area contributed by atoms with Crippen LogP contribution in [0.3, 0.4) is 0 Å². The molecule has 1 aromatic carbocycles. The highest BCUT2D eigenvalue weighted by molar-refractivity contribution is 5.74. The van der Waals surface area contributed by atoms with Gasteiger partial charge < -0.3 is 19.5 Å². The molecule has 0 radical (unpaired) electrons. The Kier molecular flexibility index (Phi) is 2.57. The zero-order valence-electron chi connectivity index (χ0n) is 9.71. The van der Waals surface area contributed by atoms with E-state index in [-0.39, 0.29) is 0 Å². The normalized spacial score (nSPS) is 12.7. The van der Waals surface area contributed by atoms with Crippen molar-refractivity contribution >= 4 is 11.0 Å². The van der Waals surface area contributed by atoms with Crippen molar-refractivity contribution < 1.29 is 9.52 Å². The third-order valence-electron chi connectivity index (χ3n) is 2.92. The fraction of sp³-hybridized carbons (Fsp3) is 0.0769. The molecule has 3 N–H and O–H groups in total. The fourth-order valence-electron chi connectivity index (χ4n) is 1.93. The minimum atomic E-state index is -0.849. The molecule has 1 unspecified atom stereocenters. The molecule has 2 heterocycles. The van der Waals surface area contributed by atoms with E-state index >= 15 is 0 Å². The molecule has 3 aromatic rings. The predicted molar refractivity (Wildman–Crippen MR) is 68.0 cm³/mol. The summed E-state index contributed by atoms with van der Waals surface area (Å²) in [5, 5.41) is 10.1. The Morgan fingerprint density at radius 1 is 1.00 bits per heavy atom. The van der Waals surface area contributed by atoms with Crippen LogP contribution < -0.4 is 11.1 Å². The lowest BCUT2D eigenvalue weighted by Crippen LogP contribution is -2.28. The number of aliphatic hydroxyl groups excluding tert-OH is 1. The molecule has 0 bridgehead atoms. The smallest absolute Gasteiger partial charge is 0.314 e. The van der Waals surface area contributed by atoms with Gasteiger partial charge in [0.1, 0.15) is 6.10 Å². The van der Waals surface area contributed by atoms with Gasteiger partial charge in [0.2, 0.25) is 0 Å². The monoisotopic (exact) mass is 258 g/mol. The summed E-state index contributed by atoms with van der Waals surface area (Å²) >= 11 is 0. The van der Waals surface area contributed by atoms with E-state index < -0.39 is 17.2 Å². The minimum Gasteiger partial charge on any atom is -0.472 e. The van der Waals surface area contributed by atoms with Crippen LogP contribution >= 0.6 is 0 Å². The average molecular weight is 258 g/mol. The summed E-state index contributed by atoms with van der Waals surface area (Å²) in [6.07, 6.45) is 2.07. The Hall–Kier alpha value is -2.60. The fourth-order valence-corrected chi connectivity index (χ4v) is 1.93. The molecule has 0 spiro atoms. The van der Waals surface area contributed by atoms with Crippen LogP contribution in [0, 0.1) is 0 Å². The molecule has 0 aliphatic carbocycles. The van der Waals surface area contributed by atoms with Gasteiger partial charge in [0.15, 0.2) is 0 Å². The summed E-state index contributed by atoms with van der Waals surface area (Å²) < 4.78 is 4.91. The molecule has 2 aromatic heterocycles. The van der Waals surface area contributed by atoms with Gasteiger partial charge in [0, 0.05) is 5.56 Å². The first kappa shape index (κ1) is 11.5. The van der Waals surface area contributed by atoms with Gasteiger partial charge in [0.25, 0.3) is 0 Å². The number of benzene rings is 1. The maximum Gasteiger partial charge on any atom is 0.314 e. The third kappa shape index (κ3) is 1.98. The second-order valence-corrected chi connectivity index (χ2v) is 4.17. The number of furan rings is 1. The van der Waals surface area contributed by atoms with Crippen molar-refractivity contribution in [3.63, 3.8) is 0 Å². The number of rotatable bonds is 2. The number of H-pyrrole nitrogens is 2.